The fourth-order valence-corrected chi connectivity index (χ4v) is 8.23. The van der Waals surface area contributed by atoms with Crippen molar-refractivity contribution in [2.75, 3.05) is 0 Å². The summed E-state index contributed by atoms with van der Waals surface area (Å²) in [6.45, 7) is 0. The molecule has 0 N–H and O–H groups in total. The quantitative estimate of drug-likeness (QED) is 0.182. The summed E-state index contributed by atoms with van der Waals surface area (Å²) in [4.78, 5) is 11.0. The predicted octanol–water partition coefficient (Wildman–Crippen LogP) is 13.5. The van der Waals surface area contributed by atoms with Crippen LogP contribution in [-0.2, 0) is 0 Å². The van der Waals surface area contributed by atoms with Crippen molar-refractivity contribution in [3.05, 3.63) is 182 Å². The lowest BCUT2D eigenvalue weighted by Crippen LogP contribution is -1.98. The summed E-state index contributed by atoms with van der Waals surface area (Å²) in [5, 5.41) is 4.39. The van der Waals surface area contributed by atoms with Gasteiger partial charge in [-0.25, -0.2) is 9.97 Å². The number of nitrogens with zero attached hydrogens (tertiary/aromatic N) is 2. The Bertz CT molecular complexity index is 2950. The third-order valence-electron chi connectivity index (χ3n) is 10.6. The van der Waals surface area contributed by atoms with Crippen molar-refractivity contribution in [2.24, 2.45) is 0 Å². The molecule has 0 aliphatic heterocycles. The van der Waals surface area contributed by atoms with Gasteiger partial charge in [-0.15, -0.1) is 0 Å². The van der Waals surface area contributed by atoms with Gasteiger partial charge in [0.15, 0.2) is 5.82 Å². The van der Waals surface area contributed by atoms with Gasteiger partial charge in [-0.1, -0.05) is 158 Å². The lowest BCUT2D eigenvalue weighted by Gasteiger charge is -2.15. The minimum Gasteiger partial charge on any atom is -0.455 e. The largest absolute Gasteiger partial charge is 0.455 e. The van der Waals surface area contributed by atoms with E-state index in [2.05, 4.69) is 176 Å². The fraction of sp³-hybridized carbons (Fsp3) is 0. The molecule has 0 unspecified atom stereocenters. The summed E-state index contributed by atoms with van der Waals surface area (Å²) in [5.74, 6) is 0.670. The first-order valence-electron chi connectivity index (χ1n) is 18.0. The minimum atomic E-state index is 0.670. The molecule has 0 saturated carbocycles. The van der Waals surface area contributed by atoms with Crippen LogP contribution >= 0.6 is 0 Å². The van der Waals surface area contributed by atoms with E-state index in [4.69, 9.17) is 14.4 Å². The predicted molar refractivity (Wildman–Crippen MR) is 218 cm³/mol. The van der Waals surface area contributed by atoms with E-state index in [0.717, 1.165) is 83.2 Å². The minimum absolute atomic E-state index is 0.670. The summed E-state index contributed by atoms with van der Waals surface area (Å²) in [6, 6.07) is 64.1. The molecule has 0 atom stereocenters. The summed E-state index contributed by atoms with van der Waals surface area (Å²) >= 11 is 0. The maximum absolute atomic E-state index is 6.84. The molecule has 2 heterocycles. The summed E-state index contributed by atoms with van der Waals surface area (Å²) in [5.41, 5.74) is 15.9. The van der Waals surface area contributed by atoms with Crippen molar-refractivity contribution in [3.63, 3.8) is 0 Å². The highest BCUT2D eigenvalue weighted by atomic mass is 16.3. The molecule has 0 saturated heterocycles. The van der Waals surface area contributed by atoms with Crippen LogP contribution < -0.4 is 0 Å². The number of para-hydroxylation sites is 1. The fourth-order valence-electron chi connectivity index (χ4n) is 8.23. The van der Waals surface area contributed by atoms with Gasteiger partial charge in [-0.3, -0.25) is 0 Å². The van der Waals surface area contributed by atoms with Crippen molar-refractivity contribution in [2.45, 2.75) is 0 Å². The molecule has 1 aliphatic carbocycles. The molecule has 10 aromatic rings. The van der Waals surface area contributed by atoms with E-state index in [0.29, 0.717) is 5.82 Å². The molecule has 1 aliphatic rings. The van der Waals surface area contributed by atoms with E-state index in [1.807, 2.05) is 6.07 Å². The molecule has 53 heavy (non-hydrogen) atoms. The third-order valence-corrected chi connectivity index (χ3v) is 10.6. The summed E-state index contributed by atoms with van der Waals surface area (Å²) < 4.78 is 6.84. The Balaban J connectivity index is 1.23. The highest BCUT2D eigenvalue weighted by Crippen LogP contribution is 2.55. The normalized spacial score (nSPS) is 11.8. The molecule has 246 valence electrons. The second kappa shape index (κ2) is 11.7. The van der Waals surface area contributed by atoms with Crippen LogP contribution in [0, 0.1) is 0 Å². The molecular formula is C50H30N2O. The van der Waals surface area contributed by atoms with Crippen LogP contribution in [0.1, 0.15) is 0 Å². The van der Waals surface area contributed by atoms with Crippen LogP contribution in [0.4, 0.5) is 0 Å². The van der Waals surface area contributed by atoms with Gasteiger partial charge in [-0.2, -0.15) is 0 Å². The van der Waals surface area contributed by atoms with Crippen molar-refractivity contribution < 1.29 is 4.42 Å². The van der Waals surface area contributed by atoms with Gasteiger partial charge in [0.2, 0.25) is 0 Å². The summed E-state index contributed by atoms with van der Waals surface area (Å²) in [7, 11) is 0. The first kappa shape index (κ1) is 29.6. The van der Waals surface area contributed by atoms with E-state index >= 15 is 0 Å². The van der Waals surface area contributed by atoms with Gasteiger partial charge in [0.25, 0.3) is 0 Å². The monoisotopic (exact) mass is 674 g/mol. The van der Waals surface area contributed by atoms with Crippen LogP contribution in [0.2, 0.25) is 0 Å². The first-order chi connectivity index (χ1) is 26.3. The lowest BCUT2D eigenvalue weighted by molar-refractivity contribution is 0.670. The second-order valence-electron chi connectivity index (χ2n) is 13.7. The zero-order chi connectivity index (χ0) is 34.9. The first-order valence-corrected chi connectivity index (χ1v) is 18.0. The molecule has 2 aromatic heterocycles. The SMILES string of the molecule is c1ccc(-c2cccc(-c3cc(-c4cccc(-c5ccccc5)c4)nc(-c4c5cccc6c5c(c5oc7ccccc7c45)-c4ccccc4-6)n3)c2)cc1. The zero-order valence-corrected chi connectivity index (χ0v) is 28.6. The van der Waals surface area contributed by atoms with Crippen LogP contribution in [0.5, 0.6) is 0 Å². The average molecular weight is 675 g/mol. The Morgan fingerprint density at radius 2 is 0.849 bits per heavy atom. The number of hydrogen-bond acceptors (Lipinski definition) is 3. The van der Waals surface area contributed by atoms with E-state index < -0.39 is 0 Å². The van der Waals surface area contributed by atoms with Crippen LogP contribution in [-0.4, -0.2) is 9.97 Å². The van der Waals surface area contributed by atoms with Crippen molar-refractivity contribution in [3.8, 4) is 78.4 Å². The second-order valence-corrected chi connectivity index (χ2v) is 13.7. The van der Waals surface area contributed by atoms with Crippen LogP contribution in [0.15, 0.2) is 186 Å². The van der Waals surface area contributed by atoms with Gasteiger partial charge < -0.3 is 4.42 Å². The molecule has 3 nitrogen and oxygen atoms in total. The number of furan rings is 1. The molecule has 0 bridgehead atoms. The van der Waals surface area contributed by atoms with Gasteiger partial charge in [0.05, 0.1) is 11.4 Å². The van der Waals surface area contributed by atoms with E-state index in [1.165, 1.54) is 22.1 Å². The van der Waals surface area contributed by atoms with Gasteiger partial charge in [-0.05, 0) is 68.6 Å². The van der Waals surface area contributed by atoms with E-state index in [-0.39, 0.29) is 0 Å². The molecule has 0 fully saturated rings. The Labute approximate surface area is 306 Å². The Kier molecular flexibility index (Phi) is 6.55. The maximum atomic E-state index is 6.84. The molecule has 0 amide bonds. The van der Waals surface area contributed by atoms with Crippen LogP contribution in [0.25, 0.3) is 111 Å². The Hall–Kier alpha value is -7.10. The lowest BCUT2D eigenvalue weighted by atomic mass is 9.92. The maximum Gasteiger partial charge on any atom is 0.161 e. The molecule has 3 heteroatoms. The standard InChI is InChI=1S/C50H30N2O/c1-3-14-31(15-4-1)33-18-11-20-35(28-33)42-30-43(36-21-12-19-34(29-36)32-16-5-2-6-17-32)52-50(51-42)48-41-26-13-25-38-37-22-7-8-23-39(37)46(45(38)41)49-47(48)40-24-9-10-27-44(40)53-49/h1-30H. The molecule has 8 aromatic carbocycles. The van der Waals surface area contributed by atoms with Crippen LogP contribution in [0.3, 0.4) is 0 Å². The highest BCUT2D eigenvalue weighted by molar-refractivity contribution is 6.31. The van der Waals surface area contributed by atoms with Gasteiger partial charge in [0, 0.05) is 38.4 Å². The van der Waals surface area contributed by atoms with Crippen molar-refractivity contribution >= 4 is 32.7 Å². The number of hydrogen-bond donors (Lipinski definition) is 0. The molecule has 11 rings (SSSR count). The number of aromatic nitrogens is 2. The molecular weight excluding hydrogens is 645 g/mol. The number of rotatable bonds is 5. The zero-order valence-electron chi connectivity index (χ0n) is 28.6. The third kappa shape index (κ3) is 4.68. The average Bonchev–Trinajstić information content (AvgIpc) is 3.79. The summed E-state index contributed by atoms with van der Waals surface area (Å²) in [6.07, 6.45) is 0. The van der Waals surface area contributed by atoms with Gasteiger partial charge in [0.1, 0.15) is 11.2 Å². The van der Waals surface area contributed by atoms with Crippen molar-refractivity contribution in [1.82, 2.24) is 9.97 Å². The smallest absolute Gasteiger partial charge is 0.161 e. The molecule has 0 spiro atoms. The Morgan fingerprint density at radius 1 is 0.340 bits per heavy atom. The van der Waals surface area contributed by atoms with Gasteiger partial charge >= 0.3 is 0 Å². The van der Waals surface area contributed by atoms with E-state index in [9.17, 15) is 0 Å². The number of benzene rings is 8. The Morgan fingerprint density at radius 3 is 1.53 bits per heavy atom. The highest BCUT2D eigenvalue weighted by Gasteiger charge is 2.30. The van der Waals surface area contributed by atoms with E-state index in [1.54, 1.807) is 0 Å². The molecule has 0 radical (unpaired) electrons. The van der Waals surface area contributed by atoms with Crippen molar-refractivity contribution in [1.29, 1.82) is 0 Å². The number of fused-ring (bicyclic) bond motifs is 7. The topological polar surface area (TPSA) is 38.9 Å².